The average molecular weight is 531 g/mol. The second kappa shape index (κ2) is 12.2. The first-order chi connectivity index (χ1) is 18.9. The fraction of sp³-hybridized carbons (Fsp3) is 0.188. The molecule has 198 valence electrons. The molecule has 2 aliphatic carbocycles. The van der Waals surface area contributed by atoms with Crippen LogP contribution in [0.3, 0.4) is 0 Å². The molecule has 0 radical (unpaired) electrons. The van der Waals surface area contributed by atoms with E-state index in [1.807, 2.05) is 60.7 Å². The predicted octanol–water partition coefficient (Wildman–Crippen LogP) is 2.81. The van der Waals surface area contributed by atoms with Crippen LogP contribution in [0.5, 0.6) is 0 Å². The van der Waals surface area contributed by atoms with Gasteiger partial charge in [-0.25, -0.2) is 8.78 Å². The smallest absolute Gasteiger partial charge is 0.628 e. The standard InChI is InChI=1S/C32H25F2N2O3.Li/c1-3-29(37)30(39-19-21-10-6-5-7-11-21)18-31(38)36(4-2)20-35-32-24(14-22-12-8-9-13-25(22)32)15-23-16-27(33)28(34)17-26(23)32;/h1,3,5-14,16-17H,4,15,19-20H2,2H3;/q-3;+1. The Labute approximate surface area is 244 Å². The van der Waals surface area contributed by atoms with Gasteiger partial charge in [0.05, 0.1) is 0 Å². The van der Waals surface area contributed by atoms with Crippen LogP contribution in [0.4, 0.5) is 8.78 Å². The number of nitrogens with zero attached hydrogens (tertiary/aromatic N) is 2. The topological polar surface area (TPSA) is 60.7 Å². The predicted molar refractivity (Wildman–Crippen MR) is 143 cm³/mol. The molecule has 0 aromatic heterocycles. The molecule has 2 aliphatic rings. The van der Waals surface area contributed by atoms with Gasteiger partial charge < -0.3 is 19.7 Å². The van der Waals surface area contributed by atoms with Crippen LogP contribution >= 0.6 is 0 Å². The first kappa shape index (κ1) is 29.2. The van der Waals surface area contributed by atoms with Crippen molar-refractivity contribution in [3.8, 4) is 0 Å². The van der Waals surface area contributed by atoms with Crippen molar-refractivity contribution in [2.45, 2.75) is 25.5 Å². The minimum atomic E-state index is -1.05. The Kier molecular flexibility index (Phi) is 8.90. The summed E-state index contributed by atoms with van der Waals surface area (Å²) < 4.78 is 34.1. The Morgan fingerprint density at radius 3 is 2.50 bits per heavy atom. The number of carbonyl (C=O) groups excluding carboxylic acids is 2. The maximum absolute atomic E-state index is 14.4. The first-order valence-electron chi connectivity index (χ1n) is 12.5. The van der Waals surface area contributed by atoms with Crippen LogP contribution in [0, 0.1) is 24.3 Å². The number of amides is 1. The molecule has 0 bridgehead atoms. The molecule has 0 fully saturated rings. The first-order valence-corrected chi connectivity index (χ1v) is 12.5. The van der Waals surface area contributed by atoms with Gasteiger partial charge in [-0.15, -0.1) is 6.08 Å². The van der Waals surface area contributed by atoms with Gasteiger partial charge in [0.15, 0.2) is 17.5 Å². The number of ketones is 1. The molecular weight excluding hydrogens is 505 g/mol. The number of rotatable bonds is 10. The maximum atomic E-state index is 14.4. The number of ether oxygens (including phenoxy) is 1. The molecule has 1 unspecified atom stereocenters. The zero-order valence-corrected chi connectivity index (χ0v) is 22.3. The fourth-order valence-electron chi connectivity index (χ4n) is 5.11. The van der Waals surface area contributed by atoms with Gasteiger partial charge in [-0.1, -0.05) is 72.9 Å². The van der Waals surface area contributed by atoms with E-state index in [9.17, 15) is 18.4 Å². The van der Waals surface area contributed by atoms with Crippen molar-refractivity contribution in [2.24, 2.45) is 0 Å². The molecular formula is C32H25F2LiN2O3-2. The molecule has 5 nitrogen and oxygen atoms in total. The quantitative estimate of drug-likeness (QED) is 0.175. The van der Waals surface area contributed by atoms with E-state index in [0.29, 0.717) is 17.5 Å². The Hall–Kier alpha value is -3.76. The van der Waals surface area contributed by atoms with Crippen LogP contribution < -0.4 is 18.9 Å². The largest absolute Gasteiger partial charge is 1.00 e. The van der Waals surface area contributed by atoms with Crippen LogP contribution in [0.1, 0.15) is 34.7 Å². The summed E-state index contributed by atoms with van der Waals surface area (Å²) in [4.78, 5) is 27.0. The second-order valence-electron chi connectivity index (χ2n) is 9.29. The van der Waals surface area contributed by atoms with E-state index in [2.05, 4.69) is 6.08 Å². The van der Waals surface area contributed by atoms with Crippen molar-refractivity contribution in [3.05, 3.63) is 142 Å². The minimum Gasteiger partial charge on any atom is -0.628 e. The third kappa shape index (κ3) is 5.33. The van der Waals surface area contributed by atoms with Gasteiger partial charge >= 0.3 is 18.9 Å². The molecule has 3 aromatic rings. The molecule has 0 spiro atoms. The summed E-state index contributed by atoms with van der Waals surface area (Å²) in [6.07, 6.45) is 5.73. The van der Waals surface area contributed by atoms with Gasteiger partial charge in [0, 0.05) is 18.1 Å². The van der Waals surface area contributed by atoms with E-state index in [1.165, 1.54) is 17.0 Å². The van der Waals surface area contributed by atoms with Crippen LogP contribution in [0.25, 0.3) is 11.4 Å². The van der Waals surface area contributed by atoms with E-state index in [1.54, 1.807) is 6.92 Å². The summed E-state index contributed by atoms with van der Waals surface area (Å²) in [5.41, 5.74) is 3.62. The summed E-state index contributed by atoms with van der Waals surface area (Å²) in [6, 6.07) is 19.2. The van der Waals surface area contributed by atoms with Crippen molar-refractivity contribution in [1.29, 1.82) is 0 Å². The van der Waals surface area contributed by atoms with Crippen LogP contribution in [-0.4, -0.2) is 29.8 Å². The van der Waals surface area contributed by atoms with Gasteiger partial charge in [-0.2, -0.15) is 6.08 Å². The third-order valence-electron chi connectivity index (χ3n) is 7.03. The Bertz CT molecular complexity index is 1520. The van der Waals surface area contributed by atoms with E-state index in [4.69, 9.17) is 16.6 Å². The summed E-state index contributed by atoms with van der Waals surface area (Å²) in [5, 5.41) is 4.97. The number of halogens is 2. The zero-order chi connectivity index (χ0) is 27.6. The molecule has 0 saturated carbocycles. The zero-order valence-electron chi connectivity index (χ0n) is 22.3. The molecule has 8 heteroatoms. The molecule has 5 rings (SSSR count). The second-order valence-corrected chi connectivity index (χ2v) is 9.29. The van der Waals surface area contributed by atoms with E-state index >= 15 is 0 Å². The number of benzene rings is 3. The molecule has 1 atom stereocenters. The molecule has 1 amide bonds. The number of likely N-dealkylation sites (N-methyl/N-ethyl adjacent to an activating group) is 1. The van der Waals surface area contributed by atoms with Crippen molar-refractivity contribution in [1.82, 2.24) is 4.90 Å². The van der Waals surface area contributed by atoms with Crippen molar-refractivity contribution in [3.63, 3.8) is 0 Å². The van der Waals surface area contributed by atoms with E-state index in [0.717, 1.165) is 28.3 Å². The molecule has 40 heavy (non-hydrogen) atoms. The summed E-state index contributed by atoms with van der Waals surface area (Å²) in [6.45, 7) is 7.41. The maximum Gasteiger partial charge on any atom is 1.00 e. The fourth-order valence-corrected chi connectivity index (χ4v) is 5.11. The SMILES string of the molecule is [CH-]=CC(=O)C(=[C-]C(=O)N(CC)C[N-]C12C(=Cc3ccccc31)Cc1cc(F)c(F)cc12)OCc1ccccc1.[Li+]. The van der Waals surface area contributed by atoms with Gasteiger partial charge in [0.1, 0.15) is 6.61 Å². The average Bonchev–Trinajstić information content (AvgIpc) is 3.41. The Morgan fingerprint density at radius 1 is 1.07 bits per heavy atom. The van der Waals surface area contributed by atoms with Gasteiger partial charge in [-0.05, 0) is 58.8 Å². The van der Waals surface area contributed by atoms with Gasteiger partial charge in [0.25, 0.3) is 0 Å². The summed E-state index contributed by atoms with van der Waals surface area (Å²) in [7, 11) is 0. The third-order valence-corrected chi connectivity index (χ3v) is 7.03. The monoisotopic (exact) mass is 530 g/mol. The Balaban J connectivity index is 0.00000370. The van der Waals surface area contributed by atoms with Crippen LogP contribution in [0.2, 0.25) is 0 Å². The van der Waals surface area contributed by atoms with Crippen LogP contribution in [-0.2, 0) is 32.9 Å². The minimum absolute atomic E-state index is 0. The number of carbonyl (C=O) groups is 2. The van der Waals surface area contributed by atoms with Crippen molar-refractivity contribution < 1.29 is 42.0 Å². The number of fused-ring (bicyclic) bond motifs is 5. The number of hydrogen-bond donors (Lipinski definition) is 0. The molecule has 3 aromatic carbocycles. The summed E-state index contributed by atoms with van der Waals surface area (Å²) in [5.74, 6) is -3.46. The van der Waals surface area contributed by atoms with Gasteiger partial charge in [-0.3, -0.25) is 11.4 Å². The van der Waals surface area contributed by atoms with Crippen molar-refractivity contribution >= 4 is 17.8 Å². The number of allylic oxidation sites excluding steroid dienone is 1. The summed E-state index contributed by atoms with van der Waals surface area (Å²) >= 11 is 0. The molecule has 0 N–H and O–H groups in total. The number of hydrogen-bond acceptors (Lipinski definition) is 3. The van der Waals surface area contributed by atoms with Crippen molar-refractivity contribution in [2.75, 3.05) is 13.2 Å². The normalized spacial score (nSPS) is 16.7. The molecule has 0 heterocycles. The Morgan fingerprint density at radius 2 is 1.77 bits per heavy atom. The molecule has 0 saturated heterocycles. The van der Waals surface area contributed by atoms with Crippen LogP contribution in [0.15, 0.2) is 84.1 Å². The van der Waals surface area contributed by atoms with E-state index < -0.39 is 28.9 Å². The molecule has 0 aliphatic heterocycles. The van der Waals surface area contributed by atoms with E-state index in [-0.39, 0.29) is 44.4 Å². The van der Waals surface area contributed by atoms with Gasteiger partial charge in [0.2, 0.25) is 0 Å².